The molecule has 1 saturated heterocycles. The van der Waals surface area contributed by atoms with Crippen LogP contribution in [0.3, 0.4) is 0 Å². The fourth-order valence-electron chi connectivity index (χ4n) is 2.73. The first-order valence-corrected chi connectivity index (χ1v) is 6.96. The van der Waals surface area contributed by atoms with Crippen LogP contribution < -0.4 is 5.32 Å². The number of nitrogens with one attached hydrogen (secondary N) is 1. The van der Waals surface area contributed by atoms with E-state index in [2.05, 4.69) is 5.32 Å². The molecule has 0 saturated carbocycles. The molecule has 1 N–H and O–H groups in total. The fourth-order valence-corrected chi connectivity index (χ4v) is 2.73. The molecule has 0 aromatic heterocycles. The lowest BCUT2D eigenvalue weighted by Gasteiger charge is -2.31. The smallest absolute Gasteiger partial charge is 0.162 e. The van der Waals surface area contributed by atoms with Gasteiger partial charge in [0.25, 0.3) is 0 Å². The molecule has 0 spiro atoms. The van der Waals surface area contributed by atoms with Crippen LogP contribution in [-0.2, 0) is 11.2 Å². The van der Waals surface area contributed by atoms with Gasteiger partial charge in [0.2, 0.25) is 0 Å². The van der Waals surface area contributed by atoms with E-state index in [1.165, 1.54) is 0 Å². The number of benzene rings is 1. The van der Waals surface area contributed by atoms with Crippen molar-refractivity contribution in [3.63, 3.8) is 0 Å². The van der Waals surface area contributed by atoms with E-state index in [1.807, 2.05) is 6.92 Å². The largest absolute Gasteiger partial charge is 0.381 e. The second kappa shape index (κ2) is 6.96. The van der Waals surface area contributed by atoms with Crippen molar-refractivity contribution in [1.29, 1.82) is 0 Å². The molecule has 2 nitrogen and oxygen atoms in total. The van der Waals surface area contributed by atoms with Gasteiger partial charge in [0, 0.05) is 19.3 Å². The van der Waals surface area contributed by atoms with E-state index in [0.717, 1.165) is 38.7 Å². The van der Waals surface area contributed by atoms with Crippen molar-refractivity contribution in [3.8, 4) is 0 Å². The van der Waals surface area contributed by atoms with Gasteiger partial charge in [-0.05, 0) is 43.4 Å². The SMILES string of the molecule is CCNC(Cc1cccc(F)c1F)C1CCOCC1. The van der Waals surface area contributed by atoms with Crippen molar-refractivity contribution in [2.75, 3.05) is 19.8 Å². The summed E-state index contributed by atoms with van der Waals surface area (Å²) in [5.41, 5.74) is 0.456. The summed E-state index contributed by atoms with van der Waals surface area (Å²) < 4.78 is 32.3. The maximum atomic E-state index is 13.7. The maximum Gasteiger partial charge on any atom is 0.162 e. The van der Waals surface area contributed by atoms with E-state index in [1.54, 1.807) is 12.1 Å². The molecule has 1 fully saturated rings. The third-order valence-electron chi connectivity index (χ3n) is 3.77. The van der Waals surface area contributed by atoms with Crippen LogP contribution in [0.15, 0.2) is 18.2 Å². The lowest BCUT2D eigenvalue weighted by atomic mass is 9.87. The average Bonchev–Trinajstić information content (AvgIpc) is 2.44. The number of ether oxygens (including phenoxy) is 1. The molecule has 1 aliphatic heterocycles. The van der Waals surface area contributed by atoms with Crippen LogP contribution in [0.25, 0.3) is 0 Å². The van der Waals surface area contributed by atoms with Crippen LogP contribution in [0.2, 0.25) is 0 Å². The van der Waals surface area contributed by atoms with Crippen LogP contribution in [0, 0.1) is 17.6 Å². The molecule has 1 heterocycles. The highest BCUT2D eigenvalue weighted by molar-refractivity contribution is 5.20. The maximum absolute atomic E-state index is 13.7. The molecule has 1 aliphatic rings. The quantitative estimate of drug-likeness (QED) is 0.887. The predicted molar refractivity (Wildman–Crippen MR) is 71.1 cm³/mol. The Hall–Kier alpha value is -1.00. The highest BCUT2D eigenvalue weighted by atomic mass is 19.2. The Morgan fingerprint density at radius 2 is 2.05 bits per heavy atom. The molecular formula is C15H21F2NO. The van der Waals surface area contributed by atoms with E-state index >= 15 is 0 Å². The normalized spacial score (nSPS) is 18.5. The van der Waals surface area contributed by atoms with Gasteiger partial charge >= 0.3 is 0 Å². The van der Waals surface area contributed by atoms with Crippen molar-refractivity contribution in [1.82, 2.24) is 5.32 Å². The number of hydrogen-bond acceptors (Lipinski definition) is 2. The van der Waals surface area contributed by atoms with Crippen molar-refractivity contribution in [2.24, 2.45) is 5.92 Å². The fraction of sp³-hybridized carbons (Fsp3) is 0.600. The van der Waals surface area contributed by atoms with Gasteiger partial charge in [0.05, 0.1) is 0 Å². The van der Waals surface area contributed by atoms with E-state index < -0.39 is 11.6 Å². The zero-order valence-electron chi connectivity index (χ0n) is 11.3. The molecule has 4 heteroatoms. The molecule has 1 unspecified atom stereocenters. The van der Waals surface area contributed by atoms with Crippen molar-refractivity contribution >= 4 is 0 Å². The number of halogens is 2. The van der Waals surface area contributed by atoms with E-state index in [9.17, 15) is 8.78 Å². The summed E-state index contributed by atoms with van der Waals surface area (Å²) in [6.45, 7) is 4.39. The minimum Gasteiger partial charge on any atom is -0.381 e. The Kier molecular flexibility index (Phi) is 5.28. The second-order valence-corrected chi connectivity index (χ2v) is 5.03. The van der Waals surface area contributed by atoms with Gasteiger partial charge in [-0.3, -0.25) is 0 Å². The summed E-state index contributed by atoms with van der Waals surface area (Å²) in [6.07, 6.45) is 2.49. The summed E-state index contributed by atoms with van der Waals surface area (Å²) in [5.74, 6) is -1.01. The van der Waals surface area contributed by atoms with Crippen LogP contribution >= 0.6 is 0 Å². The van der Waals surface area contributed by atoms with Gasteiger partial charge < -0.3 is 10.1 Å². The van der Waals surface area contributed by atoms with Gasteiger partial charge in [-0.25, -0.2) is 8.78 Å². The molecule has 0 aliphatic carbocycles. The monoisotopic (exact) mass is 269 g/mol. The topological polar surface area (TPSA) is 21.3 Å². The first kappa shape index (κ1) is 14.4. The molecule has 2 rings (SSSR count). The number of hydrogen-bond donors (Lipinski definition) is 1. The first-order chi connectivity index (χ1) is 9.22. The predicted octanol–water partition coefficient (Wildman–Crippen LogP) is 2.91. The minimum atomic E-state index is -0.764. The van der Waals surface area contributed by atoms with Crippen LogP contribution in [0.4, 0.5) is 8.78 Å². The van der Waals surface area contributed by atoms with Gasteiger partial charge in [0.1, 0.15) is 0 Å². The van der Waals surface area contributed by atoms with Crippen molar-refractivity contribution in [3.05, 3.63) is 35.4 Å². The number of rotatable bonds is 5. The molecule has 1 atom stereocenters. The van der Waals surface area contributed by atoms with Gasteiger partial charge in [-0.2, -0.15) is 0 Å². The third kappa shape index (κ3) is 3.74. The van der Waals surface area contributed by atoms with Gasteiger partial charge in [0.15, 0.2) is 11.6 Å². The van der Waals surface area contributed by atoms with Crippen LogP contribution in [0.5, 0.6) is 0 Å². The molecule has 0 radical (unpaired) electrons. The van der Waals surface area contributed by atoms with Crippen molar-refractivity contribution < 1.29 is 13.5 Å². The van der Waals surface area contributed by atoms with Crippen LogP contribution in [0.1, 0.15) is 25.3 Å². The molecule has 1 aromatic carbocycles. The zero-order chi connectivity index (χ0) is 13.7. The third-order valence-corrected chi connectivity index (χ3v) is 3.77. The molecular weight excluding hydrogens is 248 g/mol. The molecule has 0 amide bonds. The summed E-state index contributed by atoms with van der Waals surface area (Å²) in [5, 5.41) is 3.40. The highest BCUT2D eigenvalue weighted by Crippen LogP contribution is 2.23. The van der Waals surface area contributed by atoms with E-state index in [-0.39, 0.29) is 6.04 Å². The molecule has 106 valence electrons. The van der Waals surface area contributed by atoms with E-state index in [0.29, 0.717) is 17.9 Å². The standard InChI is InChI=1S/C15H21F2NO/c1-2-18-14(11-6-8-19-9-7-11)10-12-4-3-5-13(16)15(12)17/h3-5,11,14,18H,2,6-10H2,1H3. The summed E-state index contributed by atoms with van der Waals surface area (Å²) in [6, 6.07) is 4.59. The van der Waals surface area contributed by atoms with Crippen molar-refractivity contribution in [2.45, 2.75) is 32.2 Å². The average molecular weight is 269 g/mol. The number of likely N-dealkylation sites (N-methyl/N-ethyl adjacent to an activating group) is 1. The van der Waals surface area contributed by atoms with Crippen LogP contribution in [-0.4, -0.2) is 25.8 Å². The Morgan fingerprint density at radius 3 is 2.74 bits per heavy atom. The zero-order valence-corrected chi connectivity index (χ0v) is 11.3. The Balaban J connectivity index is 2.08. The Morgan fingerprint density at radius 1 is 1.32 bits per heavy atom. The lowest BCUT2D eigenvalue weighted by Crippen LogP contribution is -2.40. The summed E-state index contributed by atoms with van der Waals surface area (Å²) in [7, 11) is 0. The van der Waals surface area contributed by atoms with Gasteiger partial charge in [-0.1, -0.05) is 19.1 Å². The molecule has 0 bridgehead atoms. The minimum absolute atomic E-state index is 0.185. The second-order valence-electron chi connectivity index (χ2n) is 5.03. The molecule has 1 aromatic rings. The van der Waals surface area contributed by atoms with Gasteiger partial charge in [-0.15, -0.1) is 0 Å². The summed E-state index contributed by atoms with van der Waals surface area (Å²) >= 11 is 0. The van der Waals surface area contributed by atoms with E-state index in [4.69, 9.17) is 4.74 Å². The highest BCUT2D eigenvalue weighted by Gasteiger charge is 2.24. The Labute approximate surface area is 113 Å². The first-order valence-electron chi connectivity index (χ1n) is 6.96. The Bertz CT molecular complexity index is 405. The molecule has 19 heavy (non-hydrogen) atoms. The summed E-state index contributed by atoms with van der Waals surface area (Å²) in [4.78, 5) is 0. The lowest BCUT2D eigenvalue weighted by molar-refractivity contribution is 0.0538.